The Morgan fingerprint density at radius 1 is 1.30 bits per heavy atom. The van der Waals surface area contributed by atoms with Gasteiger partial charge in [0.25, 0.3) is 0 Å². The minimum atomic E-state index is -0.338. The molecule has 0 spiro atoms. The average molecular weight is 392 g/mol. The molecule has 1 aromatic rings. The number of phenolic OH excluding ortho intramolecular Hbond substituents is 1. The number of piperidine rings is 1. The molecule has 1 unspecified atom stereocenters. The van der Waals surface area contributed by atoms with Gasteiger partial charge in [0.05, 0.1) is 5.60 Å². The zero-order chi connectivity index (χ0) is 18.1. The van der Waals surface area contributed by atoms with E-state index >= 15 is 0 Å². The van der Waals surface area contributed by atoms with Gasteiger partial charge in [-0.15, -0.1) is 12.4 Å². The smallest absolute Gasteiger partial charge is 0.134 e. The number of halogens is 1. The first-order chi connectivity index (χ1) is 12.5. The van der Waals surface area contributed by atoms with Gasteiger partial charge in [-0.3, -0.25) is 9.69 Å². The fourth-order valence-corrected chi connectivity index (χ4v) is 6.70. The summed E-state index contributed by atoms with van der Waals surface area (Å²) in [5.41, 5.74) is 1.83. The predicted octanol–water partition coefficient (Wildman–Crippen LogP) is 3.48. The number of ether oxygens (including phenoxy) is 1. The number of methoxy groups -OCH3 is 1. The van der Waals surface area contributed by atoms with Gasteiger partial charge in [0.1, 0.15) is 11.5 Å². The second kappa shape index (κ2) is 6.47. The molecule has 2 bridgehead atoms. The summed E-state index contributed by atoms with van der Waals surface area (Å²) in [4.78, 5) is 15.4. The highest BCUT2D eigenvalue weighted by Gasteiger charge is 2.68. The molecule has 5 rings (SSSR count). The first-order valence-corrected chi connectivity index (χ1v) is 10.1. The lowest BCUT2D eigenvalue weighted by Crippen LogP contribution is -2.76. The summed E-state index contributed by atoms with van der Waals surface area (Å²) in [5.74, 6) is 1.68. The lowest BCUT2D eigenvalue weighted by molar-refractivity contribution is -0.210. The zero-order valence-corrected chi connectivity index (χ0v) is 17.1. The molecule has 1 saturated heterocycles. The zero-order valence-electron chi connectivity index (χ0n) is 16.2. The number of hydrogen-bond donors (Lipinski definition) is 1. The van der Waals surface area contributed by atoms with E-state index in [9.17, 15) is 9.90 Å². The third kappa shape index (κ3) is 2.53. The van der Waals surface area contributed by atoms with Crippen molar-refractivity contribution in [1.82, 2.24) is 4.90 Å². The van der Waals surface area contributed by atoms with Crippen molar-refractivity contribution in [3.63, 3.8) is 0 Å². The number of carbonyl (C=O) groups excluding carboxylic acids is 1. The van der Waals surface area contributed by atoms with E-state index in [0.29, 0.717) is 30.4 Å². The number of Topliss-reactive ketones (excluding diaryl/α,β-unsaturated/α-hetero) is 1. The molecule has 0 aromatic heterocycles. The van der Waals surface area contributed by atoms with Gasteiger partial charge in [0.2, 0.25) is 0 Å². The van der Waals surface area contributed by atoms with Crippen molar-refractivity contribution >= 4 is 18.2 Å². The van der Waals surface area contributed by atoms with Crippen molar-refractivity contribution in [2.24, 2.45) is 11.8 Å². The fraction of sp³-hybridized carbons (Fsp3) is 0.682. The van der Waals surface area contributed by atoms with E-state index in [1.807, 2.05) is 13.2 Å². The Bertz CT molecular complexity index is 764. The molecule has 4 nitrogen and oxygen atoms in total. The van der Waals surface area contributed by atoms with E-state index < -0.39 is 0 Å². The molecule has 4 atom stereocenters. The lowest BCUT2D eigenvalue weighted by Gasteiger charge is -2.67. The van der Waals surface area contributed by atoms with Crippen LogP contribution in [0.4, 0.5) is 0 Å². The van der Waals surface area contributed by atoms with Crippen molar-refractivity contribution < 1.29 is 14.6 Å². The van der Waals surface area contributed by atoms with Gasteiger partial charge < -0.3 is 9.84 Å². The van der Waals surface area contributed by atoms with Crippen LogP contribution in [0.2, 0.25) is 0 Å². The van der Waals surface area contributed by atoms with Crippen LogP contribution >= 0.6 is 12.4 Å². The molecule has 1 N–H and O–H groups in total. The molecule has 148 valence electrons. The van der Waals surface area contributed by atoms with E-state index in [0.717, 1.165) is 25.3 Å². The molecule has 5 heteroatoms. The molecule has 4 aliphatic rings. The van der Waals surface area contributed by atoms with E-state index in [1.165, 1.54) is 30.5 Å². The van der Waals surface area contributed by atoms with E-state index in [2.05, 4.69) is 17.9 Å². The van der Waals surface area contributed by atoms with Crippen LogP contribution in [0.25, 0.3) is 0 Å². The number of aromatic hydroxyl groups is 1. The maximum atomic E-state index is 12.7. The Morgan fingerprint density at radius 2 is 2.07 bits per heavy atom. The maximum absolute atomic E-state index is 12.7. The van der Waals surface area contributed by atoms with Gasteiger partial charge in [0.15, 0.2) is 0 Å². The summed E-state index contributed by atoms with van der Waals surface area (Å²) in [6.07, 6.45) is 5.76. The number of benzene rings is 1. The van der Waals surface area contributed by atoms with Crippen molar-refractivity contribution in [1.29, 1.82) is 0 Å². The highest BCUT2D eigenvalue weighted by Crippen LogP contribution is 2.61. The molecule has 3 aliphatic carbocycles. The van der Waals surface area contributed by atoms with Gasteiger partial charge in [-0.2, -0.15) is 0 Å². The van der Waals surface area contributed by atoms with Crippen LogP contribution in [0.3, 0.4) is 0 Å². The van der Waals surface area contributed by atoms with Crippen LogP contribution in [-0.2, 0) is 21.4 Å². The average Bonchev–Trinajstić information content (AvgIpc) is 3.42. The highest BCUT2D eigenvalue weighted by molar-refractivity contribution is 5.85. The summed E-state index contributed by atoms with van der Waals surface area (Å²) >= 11 is 0. The van der Waals surface area contributed by atoms with E-state index in [1.54, 1.807) is 6.07 Å². The second-order valence-corrected chi connectivity index (χ2v) is 9.15. The van der Waals surface area contributed by atoms with Crippen molar-refractivity contribution in [2.75, 3.05) is 20.2 Å². The molecule has 1 aromatic carbocycles. The minimum Gasteiger partial charge on any atom is -0.508 e. The Labute approximate surface area is 167 Å². The quantitative estimate of drug-likeness (QED) is 0.857. The summed E-state index contributed by atoms with van der Waals surface area (Å²) in [6.45, 7) is 4.40. The van der Waals surface area contributed by atoms with Gasteiger partial charge in [-0.25, -0.2) is 0 Å². The third-order valence-corrected chi connectivity index (χ3v) is 7.82. The maximum Gasteiger partial charge on any atom is 0.134 e. The number of fused-ring (bicyclic) bond motifs is 1. The van der Waals surface area contributed by atoms with Crippen molar-refractivity contribution in [3.05, 3.63) is 29.3 Å². The molecule has 3 fully saturated rings. The normalized spacial score (nSPS) is 37.9. The Balaban J connectivity index is 0.00000180. The van der Waals surface area contributed by atoms with Crippen LogP contribution in [0.15, 0.2) is 18.2 Å². The third-order valence-electron chi connectivity index (χ3n) is 7.82. The predicted molar refractivity (Wildman–Crippen MR) is 107 cm³/mol. The molecule has 2 saturated carbocycles. The Hall–Kier alpha value is -1.10. The molecular weight excluding hydrogens is 362 g/mol. The van der Waals surface area contributed by atoms with Crippen LogP contribution in [0, 0.1) is 11.8 Å². The lowest BCUT2D eigenvalue weighted by atomic mass is 9.46. The molecule has 1 heterocycles. The largest absolute Gasteiger partial charge is 0.508 e. The topological polar surface area (TPSA) is 49.8 Å². The summed E-state index contributed by atoms with van der Waals surface area (Å²) < 4.78 is 6.45. The Kier molecular flexibility index (Phi) is 4.60. The molecule has 1 aliphatic heterocycles. The van der Waals surface area contributed by atoms with Gasteiger partial charge >= 0.3 is 0 Å². The van der Waals surface area contributed by atoms with Gasteiger partial charge in [-0.1, -0.05) is 13.0 Å². The second-order valence-electron chi connectivity index (χ2n) is 9.15. The number of ketones is 1. The molecular formula is C22H30ClNO3. The van der Waals surface area contributed by atoms with E-state index in [4.69, 9.17) is 4.74 Å². The van der Waals surface area contributed by atoms with Gasteiger partial charge in [-0.05, 0) is 67.3 Å². The van der Waals surface area contributed by atoms with Crippen LogP contribution in [-0.4, -0.2) is 47.6 Å². The summed E-state index contributed by atoms with van der Waals surface area (Å²) in [7, 11) is 1.85. The van der Waals surface area contributed by atoms with Crippen molar-refractivity contribution in [2.45, 2.75) is 62.5 Å². The van der Waals surface area contributed by atoms with Gasteiger partial charge in [0, 0.05) is 38.0 Å². The van der Waals surface area contributed by atoms with Crippen LogP contribution < -0.4 is 0 Å². The Morgan fingerprint density at radius 3 is 2.78 bits per heavy atom. The highest BCUT2D eigenvalue weighted by atomic mass is 35.5. The number of rotatable bonds is 3. The first-order valence-electron chi connectivity index (χ1n) is 10.1. The molecule has 27 heavy (non-hydrogen) atoms. The number of likely N-dealkylation sites (tertiary alicyclic amines) is 1. The number of hydrogen-bond acceptors (Lipinski definition) is 4. The first kappa shape index (κ1) is 19.2. The number of phenols is 1. The number of nitrogens with zero attached hydrogens (tertiary/aromatic N) is 1. The number of carbonyl (C=O) groups is 1. The van der Waals surface area contributed by atoms with E-state index in [-0.39, 0.29) is 29.3 Å². The van der Waals surface area contributed by atoms with Crippen LogP contribution in [0.1, 0.15) is 50.2 Å². The van der Waals surface area contributed by atoms with Crippen LogP contribution in [0.5, 0.6) is 5.75 Å². The standard InChI is InChI=1S/C22H29NO3.ClH/c1-14-9-18(25)12-21-7-8-23(13-15-3-4-15)20(22(14,21)26-2)10-16-5-6-17(24)11-19(16)21;/h5-6,11,14-15,20,24H,3-4,7-10,12-13H2,1-2H3;1H/t14-,20+,21+,22?;/m0./s1. The summed E-state index contributed by atoms with van der Waals surface area (Å²) in [6, 6.07) is 6.11. The monoisotopic (exact) mass is 391 g/mol. The molecule has 0 radical (unpaired) electrons. The fourth-order valence-electron chi connectivity index (χ4n) is 6.70. The summed E-state index contributed by atoms with van der Waals surface area (Å²) in [5, 5.41) is 10.2. The minimum absolute atomic E-state index is 0. The van der Waals surface area contributed by atoms with Crippen molar-refractivity contribution in [3.8, 4) is 5.75 Å². The molecule has 0 amide bonds. The SMILES string of the molecule is COC12[C@@H](C)CC(=O)C[C@@]13CCN(CC1CC1)[C@@H]2Cc1ccc(O)cc13.Cl.